The smallest absolute Gasteiger partial charge is 0.417 e. The van der Waals surface area contributed by atoms with E-state index in [-0.39, 0.29) is 41.6 Å². The van der Waals surface area contributed by atoms with Crippen molar-refractivity contribution in [2.75, 3.05) is 6.61 Å². The van der Waals surface area contributed by atoms with Gasteiger partial charge in [0.05, 0.1) is 17.5 Å². The number of carbonyl (C=O) groups excluding carboxylic acids is 2. The number of benzene rings is 2. The SMILES string of the molecule is CCC[C@H](N)C(=O)OCC1C[C@H](c2ccc3cc(-c4ccccc4C(F)(F)F)[nH]c(=O)c3c2)C(=O)N1.Cl. The Morgan fingerprint density at radius 3 is 2.59 bits per heavy atom. The van der Waals surface area contributed by atoms with Crippen molar-refractivity contribution in [3.05, 3.63) is 70.0 Å². The van der Waals surface area contributed by atoms with Gasteiger partial charge in [0.2, 0.25) is 5.91 Å². The number of rotatable bonds is 7. The van der Waals surface area contributed by atoms with Crippen LogP contribution in [0.2, 0.25) is 0 Å². The average Bonchev–Trinajstić information content (AvgIpc) is 3.22. The highest BCUT2D eigenvalue weighted by Gasteiger charge is 2.35. The molecule has 1 amide bonds. The molecule has 3 aromatic rings. The number of aromatic nitrogens is 1. The summed E-state index contributed by atoms with van der Waals surface area (Å²) in [5.41, 5.74) is 4.86. The lowest BCUT2D eigenvalue weighted by molar-refractivity contribution is -0.146. The molecule has 1 aliphatic heterocycles. The average molecular weight is 538 g/mol. The first-order chi connectivity index (χ1) is 17.1. The number of fused-ring (bicyclic) bond motifs is 1. The van der Waals surface area contributed by atoms with Crippen LogP contribution in [-0.4, -0.2) is 35.6 Å². The highest BCUT2D eigenvalue weighted by molar-refractivity contribution is 5.90. The normalized spacial score (nSPS) is 18.2. The van der Waals surface area contributed by atoms with Gasteiger partial charge in [0, 0.05) is 16.6 Å². The zero-order valence-corrected chi connectivity index (χ0v) is 20.7. The molecule has 4 rings (SSSR count). The summed E-state index contributed by atoms with van der Waals surface area (Å²) in [6.45, 7) is 1.90. The van der Waals surface area contributed by atoms with Gasteiger partial charge in [-0.3, -0.25) is 14.4 Å². The van der Waals surface area contributed by atoms with Crippen molar-refractivity contribution in [1.82, 2.24) is 10.3 Å². The number of amides is 1. The van der Waals surface area contributed by atoms with E-state index in [1.54, 1.807) is 18.2 Å². The number of esters is 1. The molecule has 0 spiro atoms. The van der Waals surface area contributed by atoms with Crippen molar-refractivity contribution in [2.45, 2.75) is 50.4 Å². The molecule has 37 heavy (non-hydrogen) atoms. The van der Waals surface area contributed by atoms with Crippen molar-refractivity contribution in [3.63, 3.8) is 0 Å². The van der Waals surface area contributed by atoms with Crippen molar-refractivity contribution < 1.29 is 27.5 Å². The van der Waals surface area contributed by atoms with Crippen LogP contribution in [0.15, 0.2) is 53.3 Å². The molecule has 11 heteroatoms. The molecular formula is C26H27ClF3N3O4. The molecule has 2 heterocycles. The van der Waals surface area contributed by atoms with E-state index in [2.05, 4.69) is 10.3 Å². The molecule has 0 aliphatic carbocycles. The Hall–Kier alpha value is -3.37. The lowest BCUT2D eigenvalue weighted by atomic mass is 9.93. The van der Waals surface area contributed by atoms with Crippen LogP contribution in [0.4, 0.5) is 13.2 Å². The van der Waals surface area contributed by atoms with Crippen LogP contribution in [0.5, 0.6) is 0 Å². The fourth-order valence-electron chi connectivity index (χ4n) is 4.47. The van der Waals surface area contributed by atoms with Crippen molar-refractivity contribution in [2.24, 2.45) is 5.73 Å². The number of halogens is 4. The Kier molecular flexibility index (Phi) is 8.65. The third kappa shape index (κ3) is 6.14. The topological polar surface area (TPSA) is 114 Å². The highest BCUT2D eigenvalue weighted by Crippen LogP contribution is 2.37. The van der Waals surface area contributed by atoms with Crippen LogP contribution >= 0.6 is 12.4 Å². The standard InChI is InChI=1S/C26H26F3N3O4.ClH/c1-2-5-21(30)25(35)36-13-16-12-19(23(33)31-16)14-8-9-15-11-22(32-24(34)18(15)10-14)17-6-3-4-7-20(17)26(27,28)29;/h3-4,6-11,16,19,21H,2,5,12-13,30H2,1H3,(H,31,33)(H,32,34);1H/t16?,19-,21+;/m1./s1. The number of carbonyl (C=O) groups is 2. The third-order valence-electron chi connectivity index (χ3n) is 6.31. The van der Waals surface area contributed by atoms with E-state index in [0.29, 0.717) is 23.8 Å². The van der Waals surface area contributed by atoms with E-state index in [0.717, 1.165) is 12.5 Å². The Morgan fingerprint density at radius 1 is 1.16 bits per heavy atom. The summed E-state index contributed by atoms with van der Waals surface area (Å²) in [4.78, 5) is 39.9. The molecule has 0 radical (unpaired) electrons. The zero-order valence-electron chi connectivity index (χ0n) is 19.9. The van der Waals surface area contributed by atoms with Crippen LogP contribution in [0.1, 0.15) is 43.2 Å². The summed E-state index contributed by atoms with van der Waals surface area (Å²) in [7, 11) is 0. The van der Waals surface area contributed by atoms with E-state index in [9.17, 15) is 27.6 Å². The fraction of sp³-hybridized carbons (Fsp3) is 0.346. The molecule has 0 saturated carbocycles. The number of ether oxygens (including phenoxy) is 1. The number of hydrogen-bond acceptors (Lipinski definition) is 5. The summed E-state index contributed by atoms with van der Waals surface area (Å²) in [6.07, 6.45) is -2.97. The lowest BCUT2D eigenvalue weighted by Gasteiger charge is -2.14. The molecule has 1 aliphatic rings. The van der Waals surface area contributed by atoms with Gasteiger partial charge in [0.15, 0.2) is 0 Å². The number of aromatic amines is 1. The van der Waals surface area contributed by atoms with E-state index >= 15 is 0 Å². The first kappa shape index (κ1) is 28.2. The molecule has 1 unspecified atom stereocenters. The maximum atomic E-state index is 13.5. The summed E-state index contributed by atoms with van der Waals surface area (Å²) in [5, 5.41) is 3.50. The van der Waals surface area contributed by atoms with Gasteiger partial charge >= 0.3 is 12.1 Å². The molecule has 198 valence electrons. The number of hydrogen-bond donors (Lipinski definition) is 3. The number of pyridine rings is 1. The molecular weight excluding hydrogens is 511 g/mol. The molecule has 1 saturated heterocycles. The van der Waals surface area contributed by atoms with Crippen molar-refractivity contribution in [1.29, 1.82) is 0 Å². The first-order valence-electron chi connectivity index (χ1n) is 11.6. The van der Waals surface area contributed by atoms with Gasteiger partial charge in [0.25, 0.3) is 5.56 Å². The van der Waals surface area contributed by atoms with E-state index in [1.165, 1.54) is 24.3 Å². The van der Waals surface area contributed by atoms with Gasteiger partial charge < -0.3 is 20.8 Å². The zero-order chi connectivity index (χ0) is 26.0. The van der Waals surface area contributed by atoms with Crippen LogP contribution in [0.25, 0.3) is 22.0 Å². The summed E-state index contributed by atoms with van der Waals surface area (Å²) in [5.74, 6) is -1.34. The second-order valence-corrected chi connectivity index (χ2v) is 8.92. The van der Waals surface area contributed by atoms with Gasteiger partial charge in [0.1, 0.15) is 12.6 Å². The van der Waals surface area contributed by atoms with Crippen molar-refractivity contribution >= 4 is 35.1 Å². The Balaban J connectivity index is 0.00000380. The monoisotopic (exact) mass is 537 g/mol. The van der Waals surface area contributed by atoms with Crippen LogP contribution in [0.3, 0.4) is 0 Å². The second kappa shape index (κ2) is 11.4. The maximum Gasteiger partial charge on any atom is 0.417 e. The summed E-state index contributed by atoms with van der Waals surface area (Å²) < 4.78 is 45.6. The number of H-pyrrole nitrogens is 1. The highest BCUT2D eigenvalue weighted by atomic mass is 35.5. The minimum atomic E-state index is -4.58. The van der Waals surface area contributed by atoms with Crippen LogP contribution < -0.4 is 16.6 Å². The molecule has 3 atom stereocenters. The molecule has 7 nitrogen and oxygen atoms in total. The Bertz CT molecular complexity index is 1360. The summed E-state index contributed by atoms with van der Waals surface area (Å²) >= 11 is 0. The van der Waals surface area contributed by atoms with E-state index in [4.69, 9.17) is 10.5 Å². The molecule has 0 bridgehead atoms. The van der Waals surface area contributed by atoms with Gasteiger partial charge in [-0.05, 0) is 42.0 Å². The minimum Gasteiger partial charge on any atom is -0.462 e. The van der Waals surface area contributed by atoms with Gasteiger partial charge in [-0.25, -0.2) is 0 Å². The fourth-order valence-corrected chi connectivity index (χ4v) is 4.47. The van der Waals surface area contributed by atoms with Crippen LogP contribution in [0, 0.1) is 0 Å². The summed E-state index contributed by atoms with van der Waals surface area (Å²) in [6, 6.07) is 10.3. The van der Waals surface area contributed by atoms with E-state index in [1.807, 2.05) is 6.92 Å². The molecule has 4 N–H and O–H groups in total. The number of alkyl halides is 3. The van der Waals surface area contributed by atoms with Crippen molar-refractivity contribution in [3.8, 4) is 11.3 Å². The molecule has 1 aromatic heterocycles. The minimum absolute atomic E-state index is 0. The van der Waals surface area contributed by atoms with Gasteiger partial charge in [-0.15, -0.1) is 12.4 Å². The second-order valence-electron chi connectivity index (χ2n) is 8.92. The van der Waals surface area contributed by atoms with Gasteiger partial charge in [-0.2, -0.15) is 13.2 Å². The predicted octanol–water partition coefficient (Wildman–Crippen LogP) is 4.28. The predicted molar refractivity (Wildman–Crippen MR) is 135 cm³/mol. The Labute approximate surface area is 217 Å². The van der Waals surface area contributed by atoms with Gasteiger partial charge in [-0.1, -0.05) is 43.7 Å². The quantitative estimate of drug-likeness (QED) is 0.389. The number of nitrogens with one attached hydrogen (secondary N) is 2. The lowest BCUT2D eigenvalue weighted by Crippen LogP contribution is -2.36. The van der Waals surface area contributed by atoms with Crippen LogP contribution in [-0.2, 0) is 20.5 Å². The molecule has 1 fully saturated rings. The largest absolute Gasteiger partial charge is 0.462 e. The Morgan fingerprint density at radius 2 is 1.89 bits per heavy atom. The molecule has 2 aromatic carbocycles. The third-order valence-corrected chi connectivity index (χ3v) is 6.31. The maximum absolute atomic E-state index is 13.5. The first-order valence-corrected chi connectivity index (χ1v) is 11.6. The van der Waals surface area contributed by atoms with E-state index < -0.39 is 41.3 Å². The number of nitrogens with two attached hydrogens (primary N) is 1.